The van der Waals surface area contributed by atoms with Crippen LogP contribution in [0.4, 0.5) is 13.2 Å². The third-order valence-corrected chi connectivity index (χ3v) is 14.9. The van der Waals surface area contributed by atoms with Gasteiger partial charge >= 0.3 is 18.1 Å². The molecule has 0 bridgehead atoms. The minimum absolute atomic E-state index is 0.104. The Hall–Kier alpha value is -2.84. The third-order valence-electron chi connectivity index (χ3n) is 14.9. The van der Waals surface area contributed by atoms with Gasteiger partial charge in [-0.25, -0.2) is 4.79 Å². The van der Waals surface area contributed by atoms with Gasteiger partial charge in [0, 0.05) is 24.5 Å². The number of fused-ring (bicyclic) bond motifs is 6. The average Bonchev–Trinajstić information content (AvgIpc) is 3.66. The number of carbonyl (C=O) groups is 3. The van der Waals surface area contributed by atoms with Crippen molar-refractivity contribution < 1.29 is 61.5 Å². The molecule has 2 N–H and O–H groups in total. The molecule has 0 unspecified atom stereocenters. The maximum Gasteiger partial charge on any atom is 0.432 e. The van der Waals surface area contributed by atoms with Crippen LogP contribution in [0.1, 0.15) is 65.9 Å². The fourth-order valence-electron chi connectivity index (χ4n) is 12.2. The Morgan fingerprint density at radius 1 is 1.02 bits per heavy atom. The van der Waals surface area contributed by atoms with Gasteiger partial charge in [0.15, 0.2) is 11.9 Å². The number of hydrogen-bond donors (Lipinski definition) is 2. The molecule has 6 fully saturated rings. The number of ketones is 1. The van der Waals surface area contributed by atoms with Gasteiger partial charge in [-0.1, -0.05) is 51.1 Å². The van der Waals surface area contributed by atoms with Gasteiger partial charge in [-0.15, -0.1) is 0 Å². The van der Waals surface area contributed by atoms with Crippen LogP contribution in [0.5, 0.6) is 0 Å². The first kappa shape index (κ1) is 35.2. The van der Waals surface area contributed by atoms with Crippen LogP contribution in [0.2, 0.25) is 0 Å². The number of carbonyl (C=O) groups excluding carboxylic acids is 3. The van der Waals surface area contributed by atoms with Crippen LogP contribution >= 0.6 is 0 Å². The summed E-state index contributed by atoms with van der Waals surface area (Å²) in [5, 5.41) is 23.9. The van der Waals surface area contributed by atoms with Crippen molar-refractivity contribution in [1.29, 1.82) is 0 Å². The molecule has 2 spiro atoms. The number of benzene rings is 1. The number of allylic oxidation sites excluding steroid dienone is 1. The molecule has 0 radical (unpaired) electrons. The monoisotopic (exact) mass is 718 g/mol. The SMILES string of the molecule is CO[C@](C(=O)O[C@H]1C=CC(=O)[C@]2(C)[C@H]3CC[C@]4(C)[C@@H]5[C@H](C[C@H]4[C@@H]3C[C@H]3O[C@]132)O[C@@]1(OC(=O)[C@H](C)[C@H]1C)[C@@H](O)[C@]5(C)O)(c1ccccc1)C(F)(F)F. The zero-order valence-corrected chi connectivity index (χ0v) is 29.4. The summed E-state index contributed by atoms with van der Waals surface area (Å²) in [6.07, 6.45) is -4.51. The van der Waals surface area contributed by atoms with Crippen molar-refractivity contribution in [3.05, 3.63) is 48.0 Å². The first-order valence-electron chi connectivity index (χ1n) is 17.9. The lowest BCUT2D eigenvalue weighted by molar-refractivity contribution is -0.368. The minimum Gasteiger partial charge on any atom is -0.452 e. The Kier molecular flexibility index (Phi) is 7.35. The predicted molar refractivity (Wildman–Crippen MR) is 170 cm³/mol. The summed E-state index contributed by atoms with van der Waals surface area (Å²) in [6, 6.07) is 6.58. The van der Waals surface area contributed by atoms with Crippen molar-refractivity contribution in [3.63, 3.8) is 0 Å². The summed E-state index contributed by atoms with van der Waals surface area (Å²) in [5.41, 5.74) is -8.68. The summed E-state index contributed by atoms with van der Waals surface area (Å²) in [4.78, 5) is 40.6. The highest BCUT2D eigenvalue weighted by molar-refractivity contribution is 5.98. The number of esters is 2. The quantitative estimate of drug-likeness (QED) is 0.340. The molecule has 3 heterocycles. The Labute approximate surface area is 294 Å². The van der Waals surface area contributed by atoms with Crippen molar-refractivity contribution in [2.75, 3.05) is 7.11 Å². The lowest BCUT2D eigenvalue weighted by Gasteiger charge is -2.60. The van der Waals surface area contributed by atoms with E-state index in [1.54, 1.807) is 27.7 Å². The topological polar surface area (TPSA) is 141 Å². The van der Waals surface area contributed by atoms with Crippen LogP contribution in [-0.2, 0) is 43.7 Å². The van der Waals surface area contributed by atoms with Crippen molar-refractivity contribution in [3.8, 4) is 0 Å². The van der Waals surface area contributed by atoms with Crippen LogP contribution in [0.25, 0.3) is 0 Å². The number of rotatable bonds is 4. The van der Waals surface area contributed by atoms with E-state index in [0.717, 1.165) is 19.2 Å². The molecule has 3 saturated heterocycles. The molecule has 0 amide bonds. The molecule has 3 aliphatic heterocycles. The van der Waals surface area contributed by atoms with Gasteiger partial charge in [-0.2, -0.15) is 13.2 Å². The van der Waals surface area contributed by atoms with Gasteiger partial charge in [-0.05, 0) is 74.9 Å². The standard InChI is InChI=1S/C38H45F3O10/c1-18-19(2)37(51-29(18)43)30(44)34(5,46)28-24(49-37)17-23-21-16-27-36(50-27)26(13-12-25(42)33(36,4)22(21)14-15-32(23,28)3)48-31(45)35(47-6,38(39,40)41)20-10-8-7-9-11-20/h7-13,18-19,21-24,26-28,30,44,46H,14-17H2,1-6H3/t18-,19-,21-,22+,23+,24+,26+,27-,28+,30+,32+,33+,34-,35+,36-,37+/m1/s1. The molecule has 1 aromatic carbocycles. The molecule has 7 aliphatic rings. The van der Waals surface area contributed by atoms with Crippen molar-refractivity contribution in [2.45, 2.75) is 113 Å². The first-order chi connectivity index (χ1) is 23.8. The van der Waals surface area contributed by atoms with E-state index >= 15 is 0 Å². The van der Waals surface area contributed by atoms with Gasteiger partial charge in [-0.3, -0.25) is 9.59 Å². The molecule has 3 saturated carbocycles. The summed E-state index contributed by atoms with van der Waals surface area (Å²) >= 11 is 0. The maximum atomic E-state index is 14.8. The average molecular weight is 719 g/mol. The molecule has 278 valence electrons. The number of alkyl halides is 3. The second-order valence-electron chi connectivity index (χ2n) is 16.8. The van der Waals surface area contributed by atoms with Gasteiger partial charge in [0.1, 0.15) is 17.3 Å². The van der Waals surface area contributed by atoms with Crippen LogP contribution in [0.3, 0.4) is 0 Å². The minimum atomic E-state index is -5.17. The summed E-state index contributed by atoms with van der Waals surface area (Å²) in [6.45, 7) is 8.94. The molecule has 13 heteroatoms. The van der Waals surface area contributed by atoms with E-state index in [-0.39, 0.29) is 23.5 Å². The first-order valence-corrected chi connectivity index (χ1v) is 17.9. The number of epoxide rings is 1. The molecule has 8 rings (SSSR count). The van der Waals surface area contributed by atoms with Crippen molar-refractivity contribution in [2.24, 2.45) is 46.3 Å². The van der Waals surface area contributed by atoms with Gasteiger partial charge in [0.25, 0.3) is 5.60 Å². The Morgan fingerprint density at radius 3 is 2.31 bits per heavy atom. The highest BCUT2D eigenvalue weighted by atomic mass is 19.4. The predicted octanol–water partition coefficient (Wildman–Crippen LogP) is 4.39. The largest absolute Gasteiger partial charge is 0.452 e. The highest BCUT2D eigenvalue weighted by Gasteiger charge is 2.83. The summed E-state index contributed by atoms with van der Waals surface area (Å²) < 4.78 is 73.9. The van der Waals surface area contributed by atoms with Gasteiger partial charge < -0.3 is 33.9 Å². The number of aliphatic hydroxyl groups excluding tert-OH is 1. The van der Waals surface area contributed by atoms with Crippen molar-refractivity contribution >= 4 is 17.7 Å². The molecule has 0 aromatic heterocycles. The van der Waals surface area contributed by atoms with Crippen LogP contribution < -0.4 is 0 Å². The number of methoxy groups -OCH3 is 1. The van der Waals surface area contributed by atoms with Gasteiger partial charge in [0.2, 0.25) is 5.79 Å². The van der Waals surface area contributed by atoms with E-state index < -0.39 is 99.3 Å². The number of halogens is 3. The molecular weight excluding hydrogens is 673 g/mol. The van der Waals surface area contributed by atoms with Crippen LogP contribution in [-0.4, -0.2) is 82.6 Å². The Bertz CT molecular complexity index is 1700. The van der Waals surface area contributed by atoms with E-state index in [0.29, 0.717) is 25.7 Å². The van der Waals surface area contributed by atoms with E-state index in [2.05, 4.69) is 6.92 Å². The third kappa shape index (κ3) is 4.05. The molecular formula is C38H45F3O10. The second kappa shape index (κ2) is 10.6. The summed E-state index contributed by atoms with van der Waals surface area (Å²) in [7, 11) is 0.810. The number of aliphatic hydroxyl groups is 2. The molecule has 10 nitrogen and oxygen atoms in total. The molecule has 1 aromatic rings. The van der Waals surface area contributed by atoms with E-state index in [1.807, 2.05) is 0 Å². The highest BCUT2D eigenvalue weighted by Crippen LogP contribution is 2.75. The van der Waals surface area contributed by atoms with E-state index in [4.69, 9.17) is 23.7 Å². The number of hydrogen-bond acceptors (Lipinski definition) is 10. The normalized spacial score (nSPS) is 50.6. The fourth-order valence-corrected chi connectivity index (χ4v) is 12.2. The lowest BCUT2D eigenvalue weighted by Crippen LogP contribution is -2.71. The molecule has 4 aliphatic carbocycles. The Balaban J connectivity index is 1.12. The number of ether oxygens (including phenoxy) is 5. The Morgan fingerprint density at radius 2 is 1.71 bits per heavy atom. The second-order valence-corrected chi connectivity index (χ2v) is 16.8. The fraction of sp³-hybridized carbons (Fsp3) is 0.711. The van der Waals surface area contributed by atoms with E-state index in [1.165, 1.54) is 30.4 Å². The van der Waals surface area contributed by atoms with Crippen molar-refractivity contribution in [1.82, 2.24) is 0 Å². The maximum absolute atomic E-state index is 14.8. The zero-order valence-electron chi connectivity index (χ0n) is 29.4. The summed E-state index contributed by atoms with van der Waals surface area (Å²) in [5.74, 6) is -6.21. The van der Waals surface area contributed by atoms with Crippen LogP contribution in [0, 0.1) is 46.3 Å². The van der Waals surface area contributed by atoms with Gasteiger partial charge in [0.05, 0.1) is 23.5 Å². The molecule has 51 heavy (non-hydrogen) atoms. The smallest absolute Gasteiger partial charge is 0.432 e. The zero-order chi connectivity index (χ0) is 36.9. The molecule has 16 atom stereocenters. The lowest BCUT2D eigenvalue weighted by atomic mass is 9.44. The van der Waals surface area contributed by atoms with E-state index in [9.17, 15) is 37.8 Å². The van der Waals surface area contributed by atoms with Crippen LogP contribution in [0.15, 0.2) is 42.5 Å².